The van der Waals surface area contributed by atoms with Crippen LogP contribution in [0.1, 0.15) is 26.5 Å². The molecule has 0 aliphatic carbocycles. The van der Waals surface area contributed by atoms with E-state index in [0.717, 1.165) is 5.69 Å². The van der Waals surface area contributed by atoms with E-state index in [1.165, 1.54) is 16.6 Å². The molecule has 0 fully saturated rings. The Bertz CT molecular complexity index is 578. The highest BCUT2D eigenvalue weighted by molar-refractivity contribution is 7.10. The van der Waals surface area contributed by atoms with E-state index in [0.29, 0.717) is 12.2 Å². The lowest BCUT2D eigenvalue weighted by Gasteiger charge is -2.09. The fourth-order valence-corrected chi connectivity index (χ4v) is 2.48. The van der Waals surface area contributed by atoms with Crippen molar-refractivity contribution in [2.75, 3.05) is 5.32 Å². The van der Waals surface area contributed by atoms with Crippen LogP contribution in [0.4, 0.5) is 5.69 Å². The number of pyridine rings is 1. The molecule has 2 aromatic rings. The molecular weight excluding hydrogens is 248 g/mol. The number of hydrogen-bond acceptors (Lipinski definition) is 4. The number of carbonyl (C=O) groups is 1. The SMILES string of the molecule is Cc1cc(NCc2sccc2C)c(C(=O)O)cn1. The standard InChI is InChI=1S/C13H14N2O2S/c1-8-3-4-18-12(8)7-15-11-5-9(2)14-6-10(11)13(16)17/h3-6H,7H2,1-2H3,(H,14,15)(H,16,17). The van der Waals surface area contributed by atoms with Crippen molar-refractivity contribution in [1.29, 1.82) is 0 Å². The summed E-state index contributed by atoms with van der Waals surface area (Å²) in [5.41, 5.74) is 2.83. The van der Waals surface area contributed by atoms with Crippen molar-refractivity contribution >= 4 is 23.0 Å². The summed E-state index contributed by atoms with van der Waals surface area (Å²) in [5.74, 6) is -0.965. The third kappa shape index (κ3) is 2.68. The summed E-state index contributed by atoms with van der Waals surface area (Å²) in [6, 6.07) is 3.81. The highest BCUT2D eigenvalue weighted by Gasteiger charge is 2.11. The Morgan fingerprint density at radius 3 is 2.89 bits per heavy atom. The van der Waals surface area contributed by atoms with Gasteiger partial charge in [-0.2, -0.15) is 0 Å². The van der Waals surface area contributed by atoms with Gasteiger partial charge in [-0.25, -0.2) is 4.79 Å². The number of thiophene rings is 1. The number of anilines is 1. The molecule has 0 aromatic carbocycles. The Kier molecular flexibility index (Phi) is 3.62. The highest BCUT2D eigenvalue weighted by Crippen LogP contribution is 2.20. The topological polar surface area (TPSA) is 62.2 Å². The van der Waals surface area contributed by atoms with Gasteiger partial charge in [0.1, 0.15) is 5.56 Å². The van der Waals surface area contributed by atoms with Gasteiger partial charge in [0.25, 0.3) is 0 Å². The minimum atomic E-state index is -0.965. The van der Waals surface area contributed by atoms with Gasteiger partial charge in [0.2, 0.25) is 0 Å². The van der Waals surface area contributed by atoms with Gasteiger partial charge < -0.3 is 10.4 Å². The molecule has 4 nitrogen and oxygen atoms in total. The number of rotatable bonds is 4. The van der Waals surface area contributed by atoms with Gasteiger partial charge in [0.05, 0.1) is 5.69 Å². The smallest absolute Gasteiger partial charge is 0.339 e. The van der Waals surface area contributed by atoms with E-state index < -0.39 is 5.97 Å². The number of nitrogens with zero attached hydrogens (tertiary/aromatic N) is 1. The maximum atomic E-state index is 11.1. The number of hydrogen-bond donors (Lipinski definition) is 2. The van der Waals surface area contributed by atoms with Crippen molar-refractivity contribution < 1.29 is 9.90 Å². The van der Waals surface area contributed by atoms with Gasteiger partial charge in [0.15, 0.2) is 0 Å². The maximum Gasteiger partial charge on any atom is 0.339 e. The van der Waals surface area contributed by atoms with Gasteiger partial charge in [-0.1, -0.05) is 0 Å². The lowest BCUT2D eigenvalue weighted by molar-refractivity contribution is 0.0697. The molecule has 2 rings (SSSR count). The van der Waals surface area contributed by atoms with Gasteiger partial charge in [-0.3, -0.25) is 4.98 Å². The quantitative estimate of drug-likeness (QED) is 0.889. The van der Waals surface area contributed by atoms with Gasteiger partial charge in [-0.05, 0) is 36.9 Å². The van der Waals surface area contributed by atoms with E-state index in [4.69, 9.17) is 5.11 Å². The predicted molar refractivity (Wildman–Crippen MR) is 72.3 cm³/mol. The lowest BCUT2D eigenvalue weighted by atomic mass is 10.2. The summed E-state index contributed by atoms with van der Waals surface area (Å²) < 4.78 is 0. The van der Waals surface area contributed by atoms with Crippen molar-refractivity contribution in [3.63, 3.8) is 0 Å². The minimum Gasteiger partial charge on any atom is -0.478 e. The van der Waals surface area contributed by atoms with E-state index in [1.54, 1.807) is 17.4 Å². The molecule has 0 aliphatic heterocycles. The van der Waals surface area contributed by atoms with E-state index in [1.807, 2.05) is 19.2 Å². The van der Waals surface area contributed by atoms with Crippen molar-refractivity contribution in [3.05, 3.63) is 45.4 Å². The van der Waals surface area contributed by atoms with Crippen LogP contribution in [0.2, 0.25) is 0 Å². The first-order chi connectivity index (χ1) is 8.58. The molecule has 2 heterocycles. The first-order valence-electron chi connectivity index (χ1n) is 5.54. The zero-order chi connectivity index (χ0) is 13.1. The number of aromatic nitrogens is 1. The summed E-state index contributed by atoms with van der Waals surface area (Å²) in [6.45, 7) is 4.52. The third-order valence-corrected chi connectivity index (χ3v) is 3.70. The fourth-order valence-electron chi connectivity index (χ4n) is 1.64. The average Bonchev–Trinajstić information content (AvgIpc) is 2.72. The molecule has 0 unspecified atom stereocenters. The molecule has 2 N–H and O–H groups in total. The predicted octanol–water partition coefficient (Wildman–Crippen LogP) is 3.07. The molecule has 5 heteroatoms. The summed E-state index contributed by atoms with van der Waals surface area (Å²) >= 11 is 1.66. The molecule has 94 valence electrons. The maximum absolute atomic E-state index is 11.1. The number of aryl methyl sites for hydroxylation is 2. The second-order valence-electron chi connectivity index (χ2n) is 4.06. The fraction of sp³-hybridized carbons (Fsp3) is 0.231. The first kappa shape index (κ1) is 12.6. The zero-order valence-corrected chi connectivity index (χ0v) is 11.0. The number of carboxylic acids is 1. The minimum absolute atomic E-state index is 0.204. The van der Waals surface area contributed by atoms with Crippen LogP contribution in [0, 0.1) is 13.8 Å². The summed E-state index contributed by atoms with van der Waals surface area (Å²) in [4.78, 5) is 16.3. The highest BCUT2D eigenvalue weighted by atomic mass is 32.1. The molecule has 0 spiro atoms. The molecule has 0 radical (unpaired) electrons. The number of aromatic carboxylic acids is 1. The molecule has 0 saturated carbocycles. The molecule has 0 amide bonds. The summed E-state index contributed by atoms with van der Waals surface area (Å²) in [5, 5.41) is 14.3. The lowest BCUT2D eigenvalue weighted by Crippen LogP contribution is -2.07. The Morgan fingerprint density at radius 1 is 1.50 bits per heavy atom. The molecular formula is C13H14N2O2S. The second kappa shape index (κ2) is 5.18. The van der Waals surface area contributed by atoms with Crippen molar-refractivity contribution in [3.8, 4) is 0 Å². The second-order valence-corrected chi connectivity index (χ2v) is 5.06. The van der Waals surface area contributed by atoms with Gasteiger partial charge in [-0.15, -0.1) is 11.3 Å². The first-order valence-corrected chi connectivity index (χ1v) is 6.42. The van der Waals surface area contributed by atoms with Crippen LogP contribution in [-0.2, 0) is 6.54 Å². The van der Waals surface area contributed by atoms with Crippen molar-refractivity contribution in [1.82, 2.24) is 4.98 Å². The molecule has 2 aromatic heterocycles. The van der Waals surface area contributed by atoms with Crippen LogP contribution in [-0.4, -0.2) is 16.1 Å². The summed E-state index contributed by atoms with van der Waals surface area (Å²) in [7, 11) is 0. The molecule has 0 aliphatic rings. The van der Waals surface area contributed by atoms with Crippen LogP contribution in [0.5, 0.6) is 0 Å². The van der Waals surface area contributed by atoms with Crippen LogP contribution >= 0.6 is 11.3 Å². The molecule has 0 atom stereocenters. The zero-order valence-electron chi connectivity index (χ0n) is 10.2. The number of nitrogens with one attached hydrogen (secondary N) is 1. The normalized spacial score (nSPS) is 10.3. The monoisotopic (exact) mass is 262 g/mol. The molecule has 0 bridgehead atoms. The van der Waals surface area contributed by atoms with Gasteiger partial charge >= 0.3 is 5.97 Å². The van der Waals surface area contributed by atoms with Crippen LogP contribution < -0.4 is 5.32 Å². The Morgan fingerprint density at radius 2 is 2.28 bits per heavy atom. The Labute approximate surface area is 109 Å². The van der Waals surface area contributed by atoms with E-state index in [-0.39, 0.29) is 5.56 Å². The van der Waals surface area contributed by atoms with Crippen LogP contribution in [0.15, 0.2) is 23.7 Å². The largest absolute Gasteiger partial charge is 0.478 e. The molecule has 0 saturated heterocycles. The summed E-state index contributed by atoms with van der Waals surface area (Å²) in [6.07, 6.45) is 1.39. The average molecular weight is 262 g/mol. The van der Waals surface area contributed by atoms with Gasteiger partial charge in [0, 0.05) is 23.3 Å². The Balaban J connectivity index is 2.20. The van der Waals surface area contributed by atoms with Crippen LogP contribution in [0.3, 0.4) is 0 Å². The van der Waals surface area contributed by atoms with Crippen molar-refractivity contribution in [2.45, 2.75) is 20.4 Å². The van der Waals surface area contributed by atoms with E-state index >= 15 is 0 Å². The molecule has 18 heavy (non-hydrogen) atoms. The van der Waals surface area contributed by atoms with Crippen LogP contribution in [0.25, 0.3) is 0 Å². The third-order valence-electron chi connectivity index (χ3n) is 2.68. The van der Waals surface area contributed by atoms with E-state index in [9.17, 15) is 4.79 Å². The number of carboxylic acid groups (broad SMARTS) is 1. The Hall–Kier alpha value is -1.88. The van der Waals surface area contributed by atoms with Crippen molar-refractivity contribution in [2.24, 2.45) is 0 Å². The van der Waals surface area contributed by atoms with E-state index in [2.05, 4.69) is 16.4 Å².